The molecule has 180 valence electrons. The van der Waals surface area contributed by atoms with Crippen LogP contribution in [0.5, 0.6) is 5.75 Å². The second-order valence-corrected chi connectivity index (χ2v) is 9.64. The zero-order chi connectivity index (χ0) is 23.8. The van der Waals surface area contributed by atoms with Crippen molar-refractivity contribution in [1.82, 2.24) is 10.2 Å². The van der Waals surface area contributed by atoms with E-state index >= 15 is 0 Å². The van der Waals surface area contributed by atoms with Gasteiger partial charge >= 0.3 is 0 Å². The number of nitrogens with one attached hydrogen (secondary N) is 1. The Hall–Kier alpha value is -3.06. The van der Waals surface area contributed by atoms with Crippen LogP contribution in [0.15, 0.2) is 64.6 Å². The lowest BCUT2D eigenvalue weighted by molar-refractivity contribution is -0.141. The number of carbonyl (C=O) groups excluding carboxylic acids is 2. The quantitative estimate of drug-likeness (QED) is 0.416. The van der Waals surface area contributed by atoms with Crippen LogP contribution in [0.3, 0.4) is 0 Å². The van der Waals surface area contributed by atoms with Gasteiger partial charge in [-0.3, -0.25) is 9.59 Å². The molecular formula is C27H32N2O4S. The van der Waals surface area contributed by atoms with Gasteiger partial charge in [0.2, 0.25) is 11.8 Å². The number of hydrogen-bond acceptors (Lipinski definition) is 5. The molecule has 0 aliphatic heterocycles. The predicted octanol–water partition coefficient (Wildman–Crippen LogP) is 5.50. The van der Waals surface area contributed by atoms with Gasteiger partial charge in [0.1, 0.15) is 17.6 Å². The van der Waals surface area contributed by atoms with E-state index in [-0.39, 0.29) is 30.8 Å². The standard InChI is InChI=1S/C27H32N2O4S/c1-2-32-22-14-12-20(13-15-22)26(27(31)28-21-8-4-3-5-9-21)29(19-23-10-6-16-33-23)25(30)18-24-11-7-17-34-24/h6-7,10-17,21,26H,2-5,8-9,18-19H2,1H3,(H,28,31)/t26-/m0/s1. The molecule has 0 radical (unpaired) electrons. The van der Waals surface area contributed by atoms with Crippen LogP contribution in [0.2, 0.25) is 0 Å². The summed E-state index contributed by atoms with van der Waals surface area (Å²) in [6.07, 6.45) is 7.22. The topological polar surface area (TPSA) is 71.8 Å². The molecule has 1 aliphatic rings. The lowest BCUT2D eigenvalue weighted by Gasteiger charge is -2.33. The highest BCUT2D eigenvalue weighted by atomic mass is 32.1. The molecule has 1 aliphatic carbocycles. The first kappa shape index (κ1) is 24.1. The smallest absolute Gasteiger partial charge is 0.247 e. The molecule has 1 atom stereocenters. The fourth-order valence-electron chi connectivity index (χ4n) is 4.47. The molecule has 0 saturated heterocycles. The Kier molecular flexibility index (Phi) is 8.41. The monoisotopic (exact) mass is 480 g/mol. The van der Waals surface area contributed by atoms with Crippen LogP contribution in [0, 0.1) is 0 Å². The fourth-order valence-corrected chi connectivity index (χ4v) is 5.17. The Morgan fingerprint density at radius 3 is 2.56 bits per heavy atom. The number of furan rings is 1. The van der Waals surface area contributed by atoms with Gasteiger partial charge in [-0.05, 0) is 61.0 Å². The zero-order valence-electron chi connectivity index (χ0n) is 19.6. The molecule has 7 heteroatoms. The lowest BCUT2D eigenvalue weighted by Crippen LogP contribution is -2.47. The summed E-state index contributed by atoms with van der Waals surface area (Å²) < 4.78 is 11.2. The number of nitrogens with zero attached hydrogens (tertiary/aromatic N) is 1. The van der Waals surface area contributed by atoms with Gasteiger partial charge in [-0.1, -0.05) is 37.5 Å². The van der Waals surface area contributed by atoms with Gasteiger partial charge in [0.05, 0.1) is 25.8 Å². The van der Waals surface area contributed by atoms with Crippen molar-refractivity contribution in [3.63, 3.8) is 0 Å². The summed E-state index contributed by atoms with van der Waals surface area (Å²) in [5.74, 6) is 1.11. The maximum Gasteiger partial charge on any atom is 0.247 e. The van der Waals surface area contributed by atoms with E-state index in [2.05, 4.69) is 5.32 Å². The van der Waals surface area contributed by atoms with Crippen LogP contribution in [0.4, 0.5) is 0 Å². The maximum atomic E-state index is 13.7. The van der Waals surface area contributed by atoms with Crippen molar-refractivity contribution in [2.45, 2.75) is 64.1 Å². The van der Waals surface area contributed by atoms with Gasteiger partial charge < -0.3 is 19.4 Å². The number of ether oxygens (including phenoxy) is 1. The summed E-state index contributed by atoms with van der Waals surface area (Å²) in [7, 11) is 0. The first-order chi connectivity index (χ1) is 16.6. The van der Waals surface area contributed by atoms with E-state index in [1.165, 1.54) is 6.42 Å². The summed E-state index contributed by atoms with van der Waals surface area (Å²) >= 11 is 1.54. The average Bonchev–Trinajstić information content (AvgIpc) is 3.55. The second-order valence-electron chi connectivity index (χ2n) is 8.61. The van der Waals surface area contributed by atoms with Crippen LogP contribution in [0.1, 0.15) is 61.3 Å². The molecule has 1 aromatic carbocycles. The molecule has 34 heavy (non-hydrogen) atoms. The Morgan fingerprint density at radius 2 is 1.91 bits per heavy atom. The van der Waals surface area contributed by atoms with Gasteiger partial charge in [0, 0.05) is 10.9 Å². The third kappa shape index (κ3) is 6.29. The number of carbonyl (C=O) groups is 2. The van der Waals surface area contributed by atoms with Crippen LogP contribution in [0.25, 0.3) is 0 Å². The van der Waals surface area contributed by atoms with E-state index in [1.807, 2.05) is 54.8 Å². The van der Waals surface area contributed by atoms with E-state index in [0.717, 1.165) is 41.9 Å². The van der Waals surface area contributed by atoms with Gasteiger partial charge in [-0.15, -0.1) is 11.3 Å². The minimum atomic E-state index is -0.768. The fraction of sp³-hybridized carbons (Fsp3) is 0.407. The molecule has 0 unspecified atom stereocenters. The van der Waals surface area contributed by atoms with Crippen LogP contribution >= 0.6 is 11.3 Å². The van der Waals surface area contributed by atoms with Crippen molar-refractivity contribution in [3.05, 3.63) is 76.4 Å². The summed E-state index contributed by atoms with van der Waals surface area (Å²) in [5.41, 5.74) is 0.753. The summed E-state index contributed by atoms with van der Waals surface area (Å²) in [6.45, 7) is 2.71. The molecule has 0 spiro atoms. The first-order valence-corrected chi connectivity index (χ1v) is 12.9. The number of amides is 2. The van der Waals surface area contributed by atoms with Crippen molar-refractivity contribution >= 4 is 23.2 Å². The Labute approximate surface area is 204 Å². The van der Waals surface area contributed by atoms with Crippen LogP contribution in [-0.2, 0) is 22.6 Å². The van der Waals surface area contributed by atoms with Crippen molar-refractivity contribution in [1.29, 1.82) is 0 Å². The number of hydrogen-bond donors (Lipinski definition) is 1. The molecule has 1 saturated carbocycles. The molecule has 3 aromatic rings. The molecular weight excluding hydrogens is 448 g/mol. The summed E-state index contributed by atoms with van der Waals surface area (Å²) in [4.78, 5) is 29.9. The molecule has 4 rings (SSSR count). The normalized spacial score (nSPS) is 15.0. The van der Waals surface area contributed by atoms with Crippen molar-refractivity contribution in [3.8, 4) is 5.75 Å². The third-order valence-electron chi connectivity index (χ3n) is 6.15. The molecule has 2 amide bonds. The van der Waals surface area contributed by atoms with E-state index in [0.29, 0.717) is 12.4 Å². The van der Waals surface area contributed by atoms with Crippen molar-refractivity contribution < 1.29 is 18.7 Å². The van der Waals surface area contributed by atoms with Crippen molar-refractivity contribution in [2.24, 2.45) is 0 Å². The largest absolute Gasteiger partial charge is 0.494 e. The SMILES string of the molecule is CCOc1ccc([C@@H](C(=O)NC2CCCCC2)N(Cc2ccco2)C(=O)Cc2cccs2)cc1. The minimum absolute atomic E-state index is 0.114. The van der Waals surface area contributed by atoms with Crippen LogP contribution < -0.4 is 10.1 Å². The van der Waals surface area contributed by atoms with E-state index in [4.69, 9.17) is 9.15 Å². The average molecular weight is 481 g/mol. The molecule has 2 heterocycles. The second kappa shape index (κ2) is 11.9. The highest BCUT2D eigenvalue weighted by Crippen LogP contribution is 2.28. The summed E-state index contributed by atoms with van der Waals surface area (Å²) in [6, 6.07) is 14.4. The third-order valence-corrected chi connectivity index (χ3v) is 7.03. The lowest BCUT2D eigenvalue weighted by atomic mass is 9.94. The minimum Gasteiger partial charge on any atom is -0.494 e. The van der Waals surface area contributed by atoms with Gasteiger partial charge in [-0.2, -0.15) is 0 Å². The molecule has 1 fully saturated rings. The highest BCUT2D eigenvalue weighted by Gasteiger charge is 2.33. The Balaban J connectivity index is 1.66. The van der Waals surface area contributed by atoms with Gasteiger partial charge in [-0.25, -0.2) is 0 Å². The van der Waals surface area contributed by atoms with Crippen LogP contribution in [-0.4, -0.2) is 29.4 Å². The van der Waals surface area contributed by atoms with E-state index in [9.17, 15) is 9.59 Å². The van der Waals surface area contributed by atoms with Gasteiger partial charge in [0.25, 0.3) is 0 Å². The summed E-state index contributed by atoms with van der Waals surface area (Å²) in [5, 5.41) is 5.20. The molecule has 1 N–H and O–H groups in total. The first-order valence-electron chi connectivity index (χ1n) is 12.0. The molecule has 2 aromatic heterocycles. The van der Waals surface area contributed by atoms with Crippen molar-refractivity contribution in [2.75, 3.05) is 6.61 Å². The number of rotatable bonds is 10. The molecule has 0 bridgehead atoms. The number of thiophene rings is 1. The molecule has 6 nitrogen and oxygen atoms in total. The Bertz CT molecular complexity index is 1030. The van der Waals surface area contributed by atoms with E-state index < -0.39 is 6.04 Å². The highest BCUT2D eigenvalue weighted by molar-refractivity contribution is 7.10. The maximum absolute atomic E-state index is 13.7. The number of benzene rings is 1. The predicted molar refractivity (Wildman–Crippen MR) is 133 cm³/mol. The zero-order valence-corrected chi connectivity index (χ0v) is 20.4. The van der Waals surface area contributed by atoms with E-state index in [1.54, 1.807) is 28.6 Å². The van der Waals surface area contributed by atoms with Gasteiger partial charge in [0.15, 0.2) is 0 Å². The Morgan fingerprint density at radius 1 is 1.12 bits per heavy atom.